The summed E-state index contributed by atoms with van der Waals surface area (Å²) in [4.78, 5) is 14.1. The Labute approximate surface area is 204 Å². The number of anilines is 2. The highest BCUT2D eigenvalue weighted by molar-refractivity contribution is 9.10. The number of hydrogen-bond donors (Lipinski definition) is 3. The lowest BCUT2D eigenvalue weighted by Gasteiger charge is -2.29. The van der Waals surface area contributed by atoms with E-state index in [4.69, 9.17) is 4.74 Å². The molecule has 0 spiro atoms. The lowest BCUT2D eigenvalue weighted by atomic mass is 9.93. The Bertz CT molecular complexity index is 1090. The van der Waals surface area contributed by atoms with E-state index in [9.17, 15) is 18.3 Å². The third-order valence-corrected chi connectivity index (χ3v) is 6.74. The Morgan fingerprint density at radius 2 is 1.82 bits per heavy atom. The van der Waals surface area contributed by atoms with Crippen LogP contribution in [0.3, 0.4) is 0 Å². The van der Waals surface area contributed by atoms with E-state index in [-0.39, 0.29) is 27.3 Å². The molecule has 10 heteroatoms. The number of nitrogens with one attached hydrogen (secondary N) is 2. The summed E-state index contributed by atoms with van der Waals surface area (Å²) >= 11 is 3.29. The standard InChI is InChI=1S/C23H32BrN3O5S/c1-6-13-32-21-16(24)11-12-18(20(21)22(28)29)26-33(30,31)19-10-8-7-9-17(19)25-14-23(2,3)15-27(4)5/h7-12,25-26H,6,13-15H2,1-5H3,(H,28,29). The number of ether oxygens (including phenoxy) is 1. The molecule has 8 nitrogen and oxygen atoms in total. The van der Waals surface area contributed by atoms with E-state index in [1.54, 1.807) is 24.3 Å². The van der Waals surface area contributed by atoms with Gasteiger partial charge in [0.05, 0.1) is 22.5 Å². The predicted octanol–water partition coefficient (Wildman–Crippen LogP) is 4.74. The Kier molecular flexibility index (Phi) is 9.16. The Morgan fingerprint density at radius 3 is 2.42 bits per heavy atom. The van der Waals surface area contributed by atoms with Crippen molar-refractivity contribution in [2.45, 2.75) is 32.1 Å². The molecule has 0 atom stereocenters. The van der Waals surface area contributed by atoms with Crippen LogP contribution in [0.1, 0.15) is 37.6 Å². The molecule has 2 aromatic carbocycles. The van der Waals surface area contributed by atoms with E-state index in [0.717, 1.165) is 6.54 Å². The summed E-state index contributed by atoms with van der Waals surface area (Å²) in [6, 6.07) is 9.51. The number of sulfonamides is 1. The number of nitrogens with zero attached hydrogens (tertiary/aromatic N) is 1. The first-order valence-corrected chi connectivity index (χ1v) is 12.8. The van der Waals surface area contributed by atoms with E-state index in [1.165, 1.54) is 12.1 Å². The van der Waals surface area contributed by atoms with Crippen LogP contribution in [0.2, 0.25) is 0 Å². The number of rotatable bonds is 12. The minimum Gasteiger partial charge on any atom is -0.491 e. The van der Waals surface area contributed by atoms with Crippen molar-refractivity contribution in [1.29, 1.82) is 0 Å². The fourth-order valence-corrected chi connectivity index (χ4v) is 5.19. The lowest BCUT2D eigenvalue weighted by Crippen LogP contribution is -2.34. The molecule has 0 aliphatic heterocycles. The second-order valence-corrected chi connectivity index (χ2v) is 11.3. The molecular weight excluding hydrogens is 510 g/mol. The molecule has 0 bridgehead atoms. The van der Waals surface area contributed by atoms with Crippen LogP contribution in [0.5, 0.6) is 5.75 Å². The maximum Gasteiger partial charge on any atom is 0.341 e. The van der Waals surface area contributed by atoms with Gasteiger partial charge in [-0.15, -0.1) is 0 Å². The molecule has 0 aliphatic carbocycles. The summed E-state index contributed by atoms with van der Waals surface area (Å²) in [6.07, 6.45) is 0.671. The normalized spacial score (nSPS) is 12.0. The topological polar surface area (TPSA) is 108 Å². The van der Waals surface area contributed by atoms with Gasteiger partial charge in [0.15, 0.2) is 0 Å². The van der Waals surface area contributed by atoms with Gasteiger partial charge in [-0.3, -0.25) is 4.72 Å². The van der Waals surface area contributed by atoms with Crippen molar-refractivity contribution in [3.05, 3.63) is 46.4 Å². The maximum atomic E-state index is 13.3. The molecule has 3 N–H and O–H groups in total. The summed E-state index contributed by atoms with van der Waals surface area (Å²) in [5, 5.41) is 13.0. The zero-order valence-electron chi connectivity index (χ0n) is 19.6. The number of para-hydroxylation sites is 1. The maximum absolute atomic E-state index is 13.3. The van der Waals surface area contributed by atoms with Gasteiger partial charge in [0.25, 0.3) is 10.0 Å². The Hall–Kier alpha value is -2.30. The van der Waals surface area contributed by atoms with E-state index < -0.39 is 16.0 Å². The molecule has 2 aromatic rings. The fraction of sp³-hybridized carbons (Fsp3) is 0.435. The molecule has 0 radical (unpaired) electrons. The number of carbonyl (C=O) groups is 1. The van der Waals surface area contributed by atoms with Crippen LogP contribution in [-0.4, -0.2) is 58.2 Å². The molecule has 0 fully saturated rings. The van der Waals surface area contributed by atoms with Crippen molar-refractivity contribution in [2.24, 2.45) is 5.41 Å². The van der Waals surface area contributed by atoms with Crippen LogP contribution in [0.4, 0.5) is 11.4 Å². The van der Waals surface area contributed by atoms with Gasteiger partial charge in [-0.25, -0.2) is 13.2 Å². The third kappa shape index (κ3) is 7.35. The Morgan fingerprint density at radius 1 is 1.15 bits per heavy atom. The Balaban J connectivity index is 2.40. The van der Waals surface area contributed by atoms with Gasteiger partial charge in [0.1, 0.15) is 16.2 Å². The molecule has 0 unspecified atom stereocenters. The van der Waals surface area contributed by atoms with Crippen molar-refractivity contribution in [1.82, 2.24) is 4.90 Å². The number of hydrogen-bond acceptors (Lipinski definition) is 6. The first-order chi connectivity index (χ1) is 15.4. The monoisotopic (exact) mass is 541 g/mol. The highest BCUT2D eigenvalue weighted by atomic mass is 79.9. The summed E-state index contributed by atoms with van der Waals surface area (Å²) in [5.74, 6) is -1.21. The molecule has 2 rings (SSSR count). The van der Waals surface area contributed by atoms with Crippen LogP contribution in [0, 0.1) is 5.41 Å². The van der Waals surface area contributed by atoms with Crippen molar-refractivity contribution in [3.8, 4) is 5.75 Å². The predicted molar refractivity (Wildman–Crippen MR) is 135 cm³/mol. The number of halogens is 1. The van der Waals surface area contributed by atoms with Gasteiger partial charge < -0.3 is 20.1 Å². The number of carboxylic acid groups (broad SMARTS) is 1. The van der Waals surface area contributed by atoms with Crippen LogP contribution < -0.4 is 14.8 Å². The minimum atomic E-state index is -4.10. The van der Waals surface area contributed by atoms with Gasteiger partial charge in [0.2, 0.25) is 0 Å². The van der Waals surface area contributed by atoms with Gasteiger partial charge >= 0.3 is 5.97 Å². The molecule has 0 aromatic heterocycles. The largest absolute Gasteiger partial charge is 0.491 e. The van der Waals surface area contributed by atoms with Crippen LogP contribution in [-0.2, 0) is 10.0 Å². The van der Waals surface area contributed by atoms with Gasteiger partial charge in [-0.05, 0) is 66.1 Å². The van der Waals surface area contributed by atoms with E-state index in [1.807, 2.05) is 21.0 Å². The highest BCUT2D eigenvalue weighted by Gasteiger charge is 2.26. The third-order valence-electron chi connectivity index (χ3n) is 4.70. The molecule has 0 aliphatic rings. The summed E-state index contributed by atoms with van der Waals surface area (Å²) in [7, 11) is -0.124. The number of benzene rings is 2. The quantitative estimate of drug-likeness (QED) is 0.356. The number of carboxylic acids is 1. The lowest BCUT2D eigenvalue weighted by molar-refractivity contribution is 0.0693. The average molecular weight is 542 g/mol. The summed E-state index contributed by atoms with van der Waals surface area (Å²) < 4.78 is 35.1. The highest BCUT2D eigenvalue weighted by Crippen LogP contribution is 2.36. The first kappa shape index (κ1) is 26.9. The molecule has 0 saturated carbocycles. The van der Waals surface area contributed by atoms with Gasteiger partial charge in [-0.1, -0.05) is 32.9 Å². The summed E-state index contributed by atoms with van der Waals surface area (Å²) in [6.45, 7) is 7.73. The van der Waals surface area contributed by atoms with Gasteiger partial charge in [0, 0.05) is 13.1 Å². The molecule has 182 valence electrons. The minimum absolute atomic E-state index is 0.0286. The van der Waals surface area contributed by atoms with Crippen LogP contribution in [0.15, 0.2) is 45.8 Å². The second-order valence-electron chi connectivity index (χ2n) is 8.81. The fourth-order valence-electron chi connectivity index (χ4n) is 3.49. The first-order valence-electron chi connectivity index (χ1n) is 10.6. The van der Waals surface area contributed by atoms with Crippen molar-refractivity contribution in [3.63, 3.8) is 0 Å². The van der Waals surface area contributed by atoms with Crippen molar-refractivity contribution in [2.75, 3.05) is 43.8 Å². The molecule has 0 saturated heterocycles. The molecular formula is C23H32BrN3O5S. The van der Waals surface area contributed by atoms with E-state index in [0.29, 0.717) is 29.7 Å². The summed E-state index contributed by atoms with van der Waals surface area (Å²) in [5.41, 5.74) is 0.00776. The van der Waals surface area contributed by atoms with Crippen molar-refractivity contribution >= 4 is 43.3 Å². The van der Waals surface area contributed by atoms with E-state index >= 15 is 0 Å². The molecule has 0 heterocycles. The zero-order valence-corrected chi connectivity index (χ0v) is 22.0. The smallest absolute Gasteiger partial charge is 0.341 e. The number of aromatic carboxylic acids is 1. The van der Waals surface area contributed by atoms with Crippen LogP contribution in [0.25, 0.3) is 0 Å². The van der Waals surface area contributed by atoms with Crippen molar-refractivity contribution < 1.29 is 23.1 Å². The molecule has 33 heavy (non-hydrogen) atoms. The second kappa shape index (κ2) is 11.2. The average Bonchev–Trinajstić information content (AvgIpc) is 2.71. The zero-order chi connectivity index (χ0) is 24.8. The van der Waals surface area contributed by atoms with E-state index in [2.05, 4.69) is 44.7 Å². The molecule has 0 amide bonds. The SMILES string of the molecule is CCCOc1c(Br)ccc(NS(=O)(=O)c2ccccc2NCC(C)(C)CN(C)C)c1C(=O)O. The van der Waals surface area contributed by atoms with Crippen LogP contribution >= 0.6 is 15.9 Å². The van der Waals surface area contributed by atoms with Gasteiger partial charge in [-0.2, -0.15) is 0 Å².